The van der Waals surface area contributed by atoms with Gasteiger partial charge in [0.1, 0.15) is 0 Å². The molecule has 3 heterocycles. The molecule has 0 spiro atoms. The van der Waals surface area contributed by atoms with Crippen molar-refractivity contribution in [2.45, 2.75) is 24.3 Å². The van der Waals surface area contributed by atoms with E-state index in [1.807, 2.05) is 12.1 Å². The summed E-state index contributed by atoms with van der Waals surface area (Å²) < 4.78 is 28.7. The Morgan fingerprint density at radius 1 is 1.38 bits per heavy atom. The largest absolute Gasteiger partial charge is 0.281 e. The van der Waals surface area contributed by atoms with Crippen molar-refractivity contribution in [3.05, 3.63) is 47.4 Å². The first-order chi connectivity index (χ1) is 11.5. The fraction of sp³-hybridized carbons (Fsp3) is 0.267. The Bertz CT molecular complexity index is 1020. The summed E-state index contributed by atoms with van der Waals surface area (Å²) in [5.41, 5.74) is 1.99. The summed E-state index contributed by atoms with van der Waals surface area (Å²) in [7, 11) is -3.95. The molecule has 0 fully saturated rings. The summed E-state index contributed by atoms with van der Waals surface area (Å²) in [6.45, 7) is 0. The van der Waals surface area contributed by atoms with Crippen LogP contribution in [0.1, 0.15) is 17.7 Å². The van der Waals surface area contributed by atoms with Crippen molar-refractivity contribution in [3.63, 3.8) is 0 Å². The lowest BCUT2D eigenvalue weighted by molar-refractivity contribution is -0.123. The first-order valence-electron chi connectivity index (χ1n) is 7.44. The number of fused-ring (bicyclic) bond motifs is 2. The molecular formula is C15H14N4O3S2. The maximum absolute atomic E-state index is 12.5. The highest BCUT2D eigenvalue weighted by Crippen LogP contribution is 2.24. The van der Waals surface area contributed by atoms with Crippen LogP contribution in [-0.4, -0.2) is 28.7 Å². The van der Waals surface area contributed by atoms with Gasteiger partial charge in [0.05, 0.1) is 6.20 Å². The fourth-order valence-corrected chi connectivity index (χ4v) is 4.84. The van der Waals surface area contributed by atoms with E-state index < -0.39 is 15.9 Å². The third-order valence-electron chi connectivity index (χ3n) is 4.17. The molecule has 9 heteroatoms. The van der Waals surface area contributed by atoms with Crippen LogP contribution in [0.2, 0.25) is 0 Å². The first kappa shape index (κ1) is 15.3. The van der Waals surface area contributed by atoms with Gasteiger partial charge in [-0.25, -0.2) is 9.71 Å². The number of aryl methyl sites for hydroxylation is 1. The van der Waals surface area contributed by atoms with Crippen LogP contribution in [0.5, 0.6) is 0 Å². The molecular weight excluding hydrogens is 348 g/mol. The van der Waals surface area contributed by atoms with Crippen LogP contribution in [0.4, 0.5) is 0 Å². The summed E-state index contributed by atoms with van der Waals surface area (Å²) in [5, 5.41) is 1.72. The van der Waals surface area contributed by atoms with Gasteiger partial charge >= 0.3 is 0 Å². The van der Waals surface area contributed by atoms with Crippen molar-refractivity contribution in [1.29, 1.82) is 0 Å². The van der Waals surface area contributed by atoms with Crippen molar-refractivity contribution < 1.29 is 13.2 Å². The molecule has 0 saturated heterocycles. The second-order valence-electron chi connectivity index (χ2n) is 5.67. The summed E-state index contributed by atoms with van der Waals surface area (Å²) in [5.74, 6) is -0.850. The highest BCUT2D eigenvalue weighted by molar-refractivity contribution is 7.90. The van der Waals surface area contributed by atoms with Gasteiger partial charge in [0.2, 0.25) is 5.91 Å². The minimum Gasteiger partial charge on any atom is -0.279 e. The number of carbonyl (C=O) groups is 1. The number of aromatic nitrogens is 3. The molecule has 1 aliphatic carbocycles. The summed E-state index contributed by atoms with van der Waals surface area (Å²) in [6.07, 6.45) is 6.39. The Morgan fingerprint density at radius 3 is 3.12 bits per heavy atom. The Balaban J connectivity index is 1.55. The van der Waals surface area contributed by atoms with Crippen LogP contribution in [0.15, 0.2) is 41.1 Å². The number of carbonyl (C=O) groups excluding carboxylic acids is 1. The van der Waals surface area contributed by atoms with Crippen LogP contribution < -0.4 is 4.72 Å². The molecule has 1 atom stereocenters. The van der Waals surface area contributed by atoms with Gasteiger partial charge in [0.25, 0.3) is 10.0 Å². The van der Waals surface area contributed by atoms with Gasteiger partial charge in [-0.1, -0.05) is 6.07 Å². The van der Waals surface area contributed by atoms with E-state index in [-0.39, 0.29) is 10.9 Å². The molecule has 7 nitrogen and oxygen atoms in total. The number of pyridine rings is 1. The molecule has 124 valence electrons. The van der Waals surface area contributed by atoms with E-state index in [1.54, 1.807) is 17.8 Å². The molecule has 1 aliphatic rings. The van der Waals surface area contributed by atoms with Crippen LogP contribution in [0, 0.1) is 5.92 Å². The Hall–Kier alpha value is -2.26. The summed E-state index contributed by atoms with van der Waals surface area (Å²) in [4.78, 5) is 21.4. The van der Waals surface area contributed by atoms with E-state index in [2.05, 4.69) is 14.7 Å². The average Bonchev–Trinajstić information content (AvgIpc) is 3.17. The Labute approximate surface area is 142 Å². The van der Waals surface area contributed by atoms with Crippen molar-refractivity contribution in [2.24, 2.45) is 5.92 Å². The second-order valence-corrected chi connectivity index (χ2v) is 8.17. The molecule has 3 aromatic rings. The van der Waals surface area contributed by atoms with E-state index in [4.69, 9.17) is 0 Å². The van der Waals surface area contributed by atoms with E-state index in [1.165, 1.54) is 21.9 Å². The van der Waals surface area contributed by atoms with Gasteiger partial charge in [-0.3, -0.25) is 14.2 Å². The lowest BCUT2D eigenvalue weighted by Gasteiger charge is -2.22. The zero-order valence-electron chi connectivity index (χ0n) is 12.5. The topological polar surface area (TPSA) is 93.4 Å². The molecule has 0 aromatic carbocycles. The molecule has 3 aromatic heterocycles. The fourth-order valence-electron chi connectivity index (χ4n) is 2.96. The number of hydrogen-bond acceptors (Lipinski definition) is 6. The number of nitrogens with one attached hydrogen (secondary N) is 1. The quantitative estimate of drug-likeness (QED) is 0.760. The Kier molecular flexibility index (Phi) is 3.61. The van der Waals surface area contributed by atoms with Crippen molar-refractivity contribution in [1.82, 2.24) is 19.1 Å². The van der Waals surface area contributed by atoms with E-state index in [0.717, 1.165) is 11.3 Å². The molecule has 1 amide bonds. The van der Waals surface area contributed by atoms with Crippen LogP contribution in [0.3, 0.4) is 0 Å². The minimum absolute atomic E-state index is 0.0232. The molecule has 0 saturated carbocycles. The van der Waals surface area contributed by atoms with Gasteiger partial charge < -0.3 is 0 Å². The van der Waals surface area contributed by atoms with Crippen molar-refractivity contribution in [2.75, 3.05) is 0 Å². The zero-order valence-corrected chi connectivity index (χ0v) is 14.2. The number of hydrogen-bond donors (Lipinski definition) is 1. The van der Waals surface area contributed by atoms with E-state index >= 15 is 0 Å². The molecule has 1 unspecified atom stereocenters. The van der Waals surface area contributed by atoms with Crippen molar-refractivity contribution in [3.8, 4) is 0 Å². The SMILES string of the molecule is O=C(NS(=O)(=O)c1cnc2sccn12)C1CCc2ncccc2C1. The van der Waals surface area contributed by atoms with Crippen LogP contribution >= 0.6 is 11.3 Å². The predicted molar refractivity (Wildman–Crippen MR) is 88.1 cm³/mol. The Morgan fingerprint density at radius 2 is 2.25 bits per heavy atom. The lowest BCUT2D eigenvalue weighted by atomic mass is 9.86. The maximum Gasteiger partial charge on any atom is 0.281 e. The second kappa shape index (κ2) is 5.67. The molecule has 0 bridgehead atoms. The zero-order chi connectivity index (χ0) is 16.7. The number of amides is 1. The normalized spacial score (nSPS) is 17.6. The minimum atomic E-state index is -3.95. The van der Waals surface area contributed by atoms with Gasteiger partial charge in [0, 0.05) is 29.4 Å². The summed E-state index contributed by atoms with van der Waals surface area (Å²) in [6, 6.07) is 3.76. The van der Waals surface area contributed by atoms with Crippen LogP contribution in [-0.2, 0) is 27.7 Å². The molecule has 24 heavy (non-hydrogen) atoms. The standard InChI is InChI=1S/C15H14N4O3S2/c20-14(11-3-4-12-10(8-11)2-1-5-16-12)18-24(21,22)13-9-17-15-19(13)6-7-23-15/h1-2,5-7,9,11H,3-4,8H2,(H,18,20). The average molecular weight is 362 g/mol. The lowest BCUT2D eigenvalue weighted by Crippen LogP contribution is -2.38. The number of nitrogens with zero attached hydrogens (tertiary/aromatic N) is 3. The smallest absolute Gasteiger partial charge is 0.279 e. The maximum atomic E-state index is 12.5. The monoisotopic (exact) mass is 362 g/mol. The first-order valence-corrected chi connectivity index (χ1v) is 9.81. The van der Waals surface area contributed by atoms with Gasteiger partial charge in [-0.05, 0) is 30.9 Å². The molecule has 0 aliphatic heterocycles. The van der Waals surface area contributed by atoms with E-state index in [9.17, 15) is 13.2 Å². The van der Waals surface area contributed by atoms with Gasteiger partial charge in [0.15, 0.2) is 9.99 Å². The number of sulfonamides is 1. The van der Waals surface area contributed by atoms with Crippen LogP contribution in [0.25, 0.3) is 4.96 Å². The molecule has 1 N–H and O–H groups in total. The predicted octanol–water partition coefficient (Wildman–Crippen LogP) is 1.40. The van der Waals surface area contributed by atoms with Gasteiger partial charge in [-0.15, -0.1) is 11.3 Å². The van der Waals surface area contributed by atoms with Gasteiger partial charge in [-0.2, -0.15) is 8.42 Å². The summed E-state index contributed by atoms with van der Waals surface area (Å²) >= 11 is 1.33. The van der Waals surface area contributed by atoms with E-state index in [0.29, 0.717) is 24.2 Å². The van der Waals surface area contributed by atoms with Crippen molar-refractivity contribution >= 4 is 32.2 Å². The third kappa shape index (κ3) is 2.59. The molecule has 0 radical (unpaired) electrons. The number of thiazole rings is 1. The number of rotatable bonds is 3. The highest BCUT2D eigenvalue weighted by atomic mass is 32.2. The highest BCUT2D eigenvalue weighted by Gasteiger charge is 2.30. The third-order valence-corrected chi connectivity index (χ3v) is 6.27. The number of imidazole rings is 1. The molecule has 4 rings (SSSR count).